The lowest BCUT2D eigenvalue weighted by Crippen LogP contribution is -2.30. The van der Waals surface area contributed by atoms with E-state index in [9.17, 15) is 0 Å². The average Bonchev–Trinajstić information content (AvgIpc) is 3.24. The van der Waals surface area contributed by atoms with Gasteiger partial charge in [0.1, 0.15) is 0 Å². The fraction of sp³-hybridized carbons (Fsp3) is 0.0392. The zero-order valence-corrected chi connectivity index (χ0v) is 29.2. The SMILES string of the molecule is C1=CC2=C(c3ccc(-c4nc5ccccc5c5c4ccc4ccccc45)cc3)C=CC3=CC=C4C(c5cc6cccnc6c6ncccc56)=CC=C1C4C32. The molecule has 0 aliphatic heterocycles. The standard InChI is InChI=1S/C51H31N3/c1-2-9-37-30(7-1)17-26-43-48(37)42-10-3-4-12-45(42)54-49(43)34-15-13-31(14-16-34)36-22-18-32-21-25-40-38(23-19-33-20-24-39(36)46(32)47(33)40)44-29-35-8-5-27-52-50(35)51-41(44)11-6-28-53-51/h1-29,46-47H. The molecule has 0 spiro atoms. The maximum absolute atomic E-state index is 5.26. The van der Waals surface area contributed by atoms with E-state index >= 15 is 0 Å². The van der Waals surface area contributed by atoms with Crippen LogP contribution in [-0.4, -0.2) is 15.0 Å². The van der Waals surface area contributed by atoms with Crippen molar-refractivity contribution in [3.05, 3.63) is 210 Å². The highest BCUT2D eigenvalue weighted by Gasteiger charge is 2.40. The maximum atomic E-state index is 5.26. The summed E-state index contributed by atoms with van der Waals surface area (Å²) in [5.41, 5.74) is 15.5. The molecule has 3 nitrogen and oxygen atoms in total. The van der Waals surface area contributed by atoms with E-state index in [0.29, 0.717) is 0 Å². The number of hydrogen-bond donors (Lipinski definition) is 0. The van der Waals surface area contributed by atoms with Crippen molar-refractivity contribution in [3.8, 4) is 11.3 Å². The number of nitrogens with zero attached hydrogens (tertiary/aromatic N) is 3. The van der Waals surface area contributed by atoms with Crippen molar-refractivity contribution in [2.24, 2.45) is 11.8 Å². The minimum absolute atomic E-state index is 0.239. The predicted octanol–water partition coefficient (Wildman–Crippen LogP) is 12.3. The first kappa shape index (κ1) is 29.6. The van der Waals surface area contributed by atoms with E-state index in [1.54, 1.807) is 0 Å². The van der Waals surface area contributed by atoms with E-state index in [1.165, 1.54) is 71.5 Å². The van der Waals surface area contributed by atoms with E-state index in [2.05, 4.69) is 152 Å². The van der Waals surface area contributed by atoms with Crippen molar-refractivity contribution < 1.29 is 0 Å². The van der Waals surface area contributed by atoms with Gasteiger partial charge < -0.3 is 0 Å². The van der Waals surface area contributed by atoms with E-state index in [-0.39, 0.29) is 11.8 Å². The van der Waals surface area contributed by atoms with Gasteiger partial charge in [0.15, 0.2) is 0 Å². The molecule has 3 heteroatoms. The van der Waals surface area contributed by atoms with Gasteiger partial charge >= 0.3 is 0 Å². The number of fused-ring (bicyclic) bond motifs is 8. The van der Waals surface area contributed by atoms with Crippen molar-refractivity contribution in [1.82, 2.24) is 15.0 Å². The summed E-state index contributed by atoms with van der Waals surface area (Å²) in [5, 5.41) is 8.38. The number of hydrogen-bond acceptors (Lipinski definition) is 3. The molecule has 0 amide bonds. The van der Waals surface area contributed by atoms with Crippen LogP contribution in [0, 0.1) is 11.8 Å². The third kappa shape index (κ3) is 4.21. The third-order valence-corrected chi connectivity index (χ3v) is 11.9. The van der Waals surface area contributed by atoms with Gasteiger partial charge in [0.25, 0.3) is 0 Å². The molecule has 2 atom stereocenters. The molecule has 12 rings (SSSR count). The van der Waals surface area contributed by atoms with Crippen LogP contribution in [0.5, 0.6) is 0 Å². The molecule has 0 N–H and O–H groups in total. The monoisotopic (exact) mass is 685 g/mol. The lowest BCUT2D eigenvalue weighted by atomic mass is 9.61. The summed E-state index contributed by atoms with van der Waals surface area (Å²) >= 11 is 0. The molecule has 0 saturated heterocycles. The molecule has 0 radical (unpaired) electrons. The minimum Gasteiger partial charge on any atom is -0.254 e. The fourth-order valence-corrected chi connectivity index (χ4v) is 9.53. The predicted molar refractivity (Wildman–Crippen MR) is 224 cm³/mol. The van der Waals surface area contributed by atoms with Gasteiger partial charge in [0, 0.05) is 56.7 Å². The van der Waals surface area contributed by atoms with Gasteiger partial charge in [-0.2, -0.15) is 0 Å². The molecule has 3 aromatic heterocycles. The highest BCUT2D eigenvalue weighted by atomic mass is 14.7. The average molecular weight is 686 g/mol. The largest absolute Gasteiger partial charge is 0.254 e. The molecular weight excluding hydrogens is 655 g/mol. The Kier molecular flexibility index (Phi) is 6.17. The Bertz CT molecular complexity index is 3190. The Balaban J connectivity index is 0.962. The van der Waals surface area contributed by atoms with E-state index in [1.807, 2.05) is 24.5 Å². The van der Waals surface area contributed by atoms with E-state index < -0.39 is 0 Å². The van der Waals surface area contributed by atoms with Gasteiger partial charge in [-0.05, 0) is 79.6 Å². The molecule has 0 fully saturated rings. The molecule has 4 aliphatic carbocycles. The van der Waals surface area contributed by atoms with Crippen molar-refractivity contribution in [2.45, 2.75) is 0 Å². The smallest absolute Gasteiger partial charge is 0.0970 e. The topological polar surface area (TPSA) is 38.7 Å². The Morgan fingerprint density at radius 2 is 1.20 bits per heavy atom. The zero-order chi connectivity index (χ0) is 35.3. The number of allylic oxidation sites excluding steroid dienone is 14. The molecular formula is C51H31N3. The van der Waals surface area contributed by atoms with Gasteiger partial charge in [0.05, 0.1) is 22.2 Å². The lowest BCUT2D eigenvalue weighted by molar-refractivity contribution is 0.569. The highest BCUT2D eigenvalue weighted by molar-refractivity contribution is 6.22. The molecule has 250 valence electrons. The van der Waals surface area contributed by atoms with Crippen LogP contribution in [0.3, 0.4) is 0 Å². The van der Waals surface area contributed by atoms with Crippen LogP contribution in [0.2, 0.25) is 0 Å². The summed E-state index contributed by atoms with van der Waals surface area (Å²) in [4.78, 5) is 14.8. The third-order valence-electron chi connectivity index (χ3n) is 11.9. The van der Waals surface area contributed by atoms with Crippen molar-refractivity contribution in [2.75, 3.05) is 0 Å². The molecule has 8 aromatic rings. The second kappa shape index (κ2) is 11.3. The van der Waals surface area contributed by atoms with Gasteiger partial charge in [-0.25, -0.2) is 4.98 Å². The van der Waals surface area contributed by atoms with E-state index in [0.717, 1.165) is 38.6 Å². The lowest BCUT2D eigenvalue weighted by Gasteiger charge is -2.42. The summed E-state index contributed by atoms with van der Waals surface area (Å²) < 4.78 is 0. The fourth-order valence-electron chi connectivity index (χ4n) is 9.53. The number of rotatable bonds is 3. The maximum Gasteiger partial charge on any atom is 0.0970 e. The molecule has 0 bridgehead atoms. The van der Waals surface area contributed by atoms with Crippen LogP contribution < -0.4 is 0 Å². The zero-order valence-electron chi connectivity index (χ0n) is 29.2. The minimum atomic E-state index is 0.239. The molecule has 54 heavy (non-hydrogen) atoms. The van der Waals surface area contributed by atoms with Crippen LogP contribution in [0.4, 0.5) is 0 Å². The number of pyridine rings is 3. The first-order chi connectivity index (χ1) is 26.8. The van der Waals surface area contributed by atoms with Crippen LogP contribution >= 0.6 is 0 Å². The summed E-state index contributed by atoms with van der Waals surface area (Å²) in [6, 6.07) is 41.4. The normalized spacial score (nSPS) is 18.6. The number of aromatic nitrogens is 3. The van der Waals surface area contributed by atoms with Crippen LogP contribution in [0.15, 0.2) is 199 Å². The molecule has 2 unspecified atom stereocenters. The number of para-hydroxylation sites is 1. The quantitative estimate of drug-likeness (QED) is 0.174. The molecule has 5 aromatic carbocycles. The van der Waals surface area contributed by atoms with Crippen molar-refractivity contribution in [1.29, 1.82) is 0 Å². The Labute approximate surface area is 312 Å². The van der Waals surface area contributed by atoms with Crippen molar-refractivity contribution >= 4 is 65.4 Å². The van der Waals surface area contributed by atoms with Gasteiger partial charge in [-0.1, -0.05) is 140 Å². The molecule has 0 saturated carbocycles. The highest BCUT2D eigenvalue weighted by Crippen LogP contribution is 2.54. The number of benzene rings is 5. The van der Waals surface area contributed by atoms with E-state index in [4.69, 9.17) is 15.0 Å². The second-order valence-electron chi connectivity index (χ2n) is 14.7. The van der Waals surface area contributed by atoms with Gasteiger partial charge in [-0.3, -0.25) is 9.97 Å². The van der Waals surface area contributed by atoms with Crippen LogP contribution in [0.25, 0.3) is 76.7 Å². The first-order valence-electron chi connectivity index (χ1n) is 18.7. The van der Waals surface area contributed by atoms with Gasteiger partial charge in [0.2, 0.25) is 0 Å². The molecule has 4 aliphatic rings. The summed E-state index contributed by atoms with van der Waals surface area (Å²) in [6.07, 6.45) is 22.4. The molecule has 3 heterocycles. The summed E-state index contributed by atoms with van der Waals surface area (Å²) in [5.74, 6) is 0.485. The summed E-state index contributed by atoms with van der Waals surface area (Å²) in [7, 11) is 0. The Morgan fingerprint density at radius 3 is 2.13 bits per heavy atom. The Morgan fingerprint density at radius 1 is 0.481 bits per heavy atom. The van der Waals surface area contributed by atoms with Crippen molar-refractivity contribution in [3.63, 3.8) is 0 Å². The summed E-state index contributed by atoms with van der Waals surface area (Å²) in [6.45, 7) is 0. The van der Waals surface area contributed by atoms with Crippen LogP contribution in [0.1, 0.15) is 11.1 Å². The van der Waals surface area contributed by atoms with Crippen LogP contribution in [-0.2, 0) is 0 Å². The van der Waals surface area contributed by atoms with Gasteiger partial charge in [-0.15, -0.1) is 0 Å². The Hall–Kier alpha value is -6.97. The second-order valence-corrected chi connectivity index (χ2v) is 14.7. The first-order valence-corrected chi connectivity index (χ1v) is 18.7.